The molecule has 11 heteroatoms. The maximum Gasteiger partial charge on any atom is 0.301 e. The second-order valence-electron chi connectivity index (χ2n) is 7.72. The summed E-state index contributed by atoms with van der Waals surface area (Å²) in [6, 6.07) is 11.1. The number of ketones is 1. The van der Waals surface area contributed by atoms with E-state index in [0.717, 1.165) is 16.2 Å². The van der Waals surface area contributed by atoms with Crippen LogP contribution in [0.4, 0.5) is 9.52 Å². The number of aromatic nitrogens is 2. The molecule has 3 heterocycles. The van der Waals surface area contributed by atoms with Crippen LogP contribution in [-0.2, 0) is 9.59 Å². The van der Waals surface area contributed by atoms with Crippen LogP contribution in [0.3, 0.4) is 0 Å². The molecule has 1 aliphatic heterocycles. The Balaban J connectivity index is 1.71. The van der Waals surface area contributed by atoms with Gasteiger partial charge in [-0.15, -0.1) is 0 Å². The standard InChI is InChI=1S/C25H17ClFN3O5S/c1-34-17-7-6-12(9-18(17)35-2)22(31)20-21(15-5-3-4-8-28-15)30(24(33)23(20)32)25-29-16-10-13(26)14(27)11-19(16)36-25/h3-11,21,31H,1-2H3/b22-20+. The van der Waals surface area contributed by atoms with Crippen molar-refractivity contribution >= 4 is 55.7 Å². The smallest absolute Gasteiger partial charge is 0.301 e. The van der Waals surface area contributed by atoms with Gasteiger partial charge in [-0.1, -0.05) is 29.0 Å². The first kappa shape index (κ1) is 23.7. The number of benzene rings is 2. The number of aliphatic hydroxyl groups excluding tert-OH is 1. The molecule has 0 aliphatic carbocycles. The molecule has 1 saturated heterocycles. The minimum Gasteiger partial charge on any atom is -0.507 e. The Labute approximate surface area is 213 Å². The fourth-order valence-corrected chi connectivity index (χ4v) is 5.16. The van der Waals surface area contributed by atoms with Crippen LogP contribution in [0, 0.1) is 5.82 Å². The zero-order valence-corrected chi connectivity index (χ0v) is 20.4. The fourth-order valence-electron chi connectivity index (χ4n) is 4.00. The highest BCUT2D eigenvalue weighted by atomic mass is 35.5. The lowest BCUT2D eigenvalue weighted by molar-refractivity contribution is -0.132. The van der Waals surface area contributed by atoms with Gasteiger partial charge in [0.2, 0.25) is 0 Å². The molecule has 1 unspecified atom stereocenters. The molecule has 182 valence electrons. The number of pyridine rings is 1. The Hall–Kier alpha value is -4.02. The van der Waals surface area contributed by atoms with Crippen molar-refractivity contribution in [1.29, 1.82) is 0 Å². The lowest BCUT2D eigenvalue weighted by Crippen LogP contribution is -2.29. The zero-order chi connectivity index (χ0) is 25.6. The second kappa shape index (κ2) is 9.21. The predicted molar refractivity (Wildman–Crippen MR) is 133 cm³/mol. The van der Waals surface area contributed by atoms with E-state index >= 15 is 0 Å². The van der Waals surface area contributed by atoms with Crippen LogP contribution in [-0.4, -0.2) is 41.0 Å². The fraction of sp³-hybridized carbons (Fsp3) is 0.120. The first-order valence-corrected chi connectivity index (χ1v) is 11.7. The van der Waals surface area contributed by atoms with E-state index < -0.39 is 29.3 Å². The summed E-state index contributed by atoms with van der Waals surface area (Å²) in [6.07, 6.45) is 1.51. The third-order valence-corrected chi connectivity index (χ3v) is 7.00. The van der Waals surface area contributed by atoms with Crippen molar-refractivity contribution in [3.63, 3.8) is 0 Å². The largest absolute Gasteiger partial charge is 0.507 e. The highest BCUT2D eigenvalue weighted by Gasteiger charge is 2.49. The summed E-state index contributed by atoms with van der Waals surface area (Å²) in [5.74, 6) is -2.11. The lowest BCUT2D eigenvalue weighted by Gasteiger charge is -2.22. The molecule has 1 atom stereocenters. The van der Waals surface area contributed by atoms with Gasteiger partial charge < -0.3 is 14.6 Å². The van der Waals surface area contributed by atoms with Crippen LogP contribution in [0.25, 0.3) is 16.0 Å². The molecule has 1 amide bonds. The number of methoxy groups -OCH3 is 2. The molecular weight excluding hydrogens is 509 g/mol. The normalized spacial score (nSPS) is 17.1. The summed E-state index contributed by atoms with van der Waals surface area (Å²) >= 11 is 6.91. The Morgan fingerprint density at radius 1 is 1.11 bits per heavy atom. The van der Waals surface area contributed by atoms with Gasteiger partial charge in [-0.25, -0.2) is 9.37 Å². The Morgan fingerprint density at radius 3 is 2.58 bits per heavy atom. The number of nitrogens with zero attached hydrogens (tertiary/aromatic N) is 3. The number of hydrogen-bond acceptors (Lipinski definition) is 8. The maximum atomic E-state index is 14.0. The Bertz CT molecular complexity index is 1520. The number of Topliss-reactive ketones (excluding diaryl/α,β-unsaturated/α-hetero) is 1. The number of carbonyl (C=O) groups excluding carboxylic acids is 2. The number of anilines is 1. The number of amides is 1. The van der Waals surface area contributed by atoms with Crippen molar-refractivity contribution in [2.45, 2.75) is 6.04 Å². The predicted octanol–water partition coefficient (Wildman–Crippen LogP) is 5.13. The molecule has 8 nitrogen and oxygen atoms in total. The minimum absolute atomic E-state index is 0.115. The van der Waals surface area contributed by atoms with Gasteiger partial charge in [0.05, 0.1) is 40.7 Å². The molecule has 2 aromatic carbocycles. The molecule has 0 bridgehead atoms. The number of halogens is 2. The first-order chi connectivity index (χ1) is 17.3. The maximum absolute atomic E-state index is 14.0. The van der Waals surface area contributed by atoms with E-state index in [1.54, 1.807) is 30.3 Å². The van der Waals surface area contributed by atoms with Crippen molar-refractivity contribution in [2.24, 2.45) is 0 Å². The number of hydrogen-bond donors (Lipinski definition) is 1. The molecule has 36 heavy (non-hydrogen) atoms. The third-order valence-electron chi connectivity index (χ3n) is 5.69. The highest BCUT2D eigenvalue weighted by molar-refractivity contribution is 7.22. The van der Waals surface area contributed by atoms with Crippen LogP contribution in [0.5, 0.6) is 11.5 Å². The van der Waals surface area contributed by atoms with Crippen LogP contribution in [0.2, 0.25) is 5.02 Å². The summed E-state index contributed by atoms with van der Waals surface area (Å²) in [5.41, 5.74) is 0.768. The molecule has 1 fully saturated rings. The van der Waals surface area contributed by atoms with Gasteiger partial charge in [0, 0.05) is 11.8 Å². The average Bonchev–Trinajstić information content (AvgIpc) is 3.41. The molecule has 1 aliphatic rings. The lowest BCUT2D eigenvalue weighted by atomic mass is 9.98. The molecular formula is C25H17ClFN3O5S. The van der Waals surface area contributed by atoms with Crippen molar-refractivity contribution in [1.82, 2.24) is 9.97 Å². The van der Waals surface area contributed by atoms with E-state index in [2.05, 4.69) is 9.97 Å². The molecule has 4 aromatic rings. The van der Waals surface area contributed by atoms with E-state index in [-0.39, 0.29) is 21.3 Å². The van der Waals surface area contributed by atoms with Gasteiger partial charge in [-0.05, 0) is 42.5 Å². The summed E-state index contributed by atoms with van der Waals surface area (Å²) in [6.45, 7) is 0. The third kappa shape index (κ3) is 3.84. The molecule has 0 radical (unpaired) electrons. The van der Waals surface area contributed by atoms with Crippen molar-refractivity contribution < 1.29 is 28.6 Å². The van der Waals surface area contributed by atoms with Gasteiger partial charge in [-0.3, -0.25) is 19.5 Å². The van der Waals surface area contributed by atoms with Crippen molar-refractivity contribution in [3.8, 4) is 11.5 Å². The number of fused-ring (bicyclic) bond motifs is 1. The van der Waals surface area contributed by atoms with Crippen molar-refractivity contribution in [2.75, 3.05) is 19.1 Å². The van der Waals surface area contributed by atoms with Gasteiger partial charge in [0.1, 0.15) is 17.6 Å². The van der Waals surface area contributed by atoms with Gasteiger partial charge in [0.25, 0.3) is 5.78 Å². The van der Waals surface area contributed by atoms with E-state index in [9.17, 15) is 19.1 Å². The SMILES string of the molecule is COc1ccc(/C(O)=C2\C(=O)C(=O)N(c3nc4cc(Cl)c(F)cc4s3)C2c2ccccn2)cc1OC. The Morgan fingerprint density at radius 2 is 1.89 bits per heavy atom. The summed E-state index contributed by atoms with van der Waals surface area (Å²) < 4.78 is 25.0. The van der Waals surface area contributed by atoms with Crippen LogP contribution in [0.15, 0.2) is 60.3 Å². The first-order valence-electron chi connectivity index (χ1n) is 10.5. The summed E-state index contributed by atoms with van der Waals surface area (Å²) in [7, 11) is 2.91. The summed E-state index contributed by atoms with van der Waals surface area (Å²) in [4.78, 5) is 36.5. The molecule has 0 spiro atoms. The van der Waals surface area contributed by atoms with Gasteiger partial charge in [-0.2, -0.15) is 0 Å². The Kier molecular flexibility index (Phi) is 6.07. The topological polar surface area (TPSA) is 102 Å². The zero-order valence-electron chi connectivity index (χ0n) is 18.9. The number of rotatable bonds is 5. The molecule has 0 saturated carbocycles. The number of ether oxygens (including phenoxy) is 2. The van der Waals surface area contributed by atoms with E-state index in [4.69, 9.17) is 21.1 Å². The molecule has 5 rings (SSSR count). The number of carbonyl (C=O) groups is 2. The molecule has 2 aromatic heterocycles. The monoisotopic (exact) mass is 525 g/mol. The minimum atomic E-state index is -1.08. The van der Waals surface area contributed by atoms with E-state index in [1.807, 2.05) is 0 Å². The van der Waals surface area contributed by atoms with Crippen LogP contribution in [0.1, 0.15) is 17.3 Å². The van der Waals surface area contributed by atoms with Gasteiger partial charge in [0.15, 0.2) is 16.6 Å². The second-order valence-corrected chi connectivity index (χ2v) is 9.14. The van der Waals surface area contributed by atoms with E-state index in [1.165, 1.54) is 38.6 Å². The van der Waals surface area contributed by atoms with E-state index in [0.29, 0.717) is 27.4 Å². The number of aliphatic hydroxyl groups is 1. The van der Waals surface area contributed by atoms with Crippen molar-refractivity contribution in [3.05, 3.63) is 82.4 Å². The highest BCUT2D eigenvalue weighted by Crippen LogP contribution is 2.44. The van der Waals surface area contributed by atoms with Crippen LogP contribution < -0.4 is 14.4 Å². The van der Waals surface area contributed by atoms with Gasteiger partial charge >= 0.3 is 5.91 Å². The average molecular weight is 526 g/mol. The quantitative estimate of drug-likeness (QED) is 0.219. The van der Waals surface area contributed by atoms with Crippen LogP contribution >= 0.6 is 22.9 Å². The number of thiazole rings is 1. The summed E-state index contributed by atoms with van der Waals surface area (Å²) in [5, 5.41) is 11.3. The molecule has 1 N–H and O–H groups in total.